The molecular weight excluding hydrogens is 645 g/mol. The average molecular weight is 688 g/mol. The highest BCUT2D eigenvalue weighted by molar-refractivity contribution is 14.1. The van der Waals surface area contributed by atoms with Gasteiger partial charge in [0.05, 0.1) is 5.60 Å². The second kappa shape index (κ2) is 14.4. The smallest absolute Gasteiger partial charge is 0.275 e. The van der Waals surface area contributed by atoms with Gasteiger partial charge in [0, 0.05) is 30.4 Å². The van der Waals surface area contributed by atoms with Crippen molar-refractivity contribution in [2.45, 2.75) is 65.4 Å². The first-order valence-corrected chi connectivity index (χ1v) is 16.1. The second-order valence-corrected chi connectivity index (χ2v) is 12.9. The van der Waals surface area contributed by atoms with Gasteiger partial charge < -0.3 is 15.0 Å². The molecule has 0 unspecified atom stereocenters. The molecule has 0 atom stereocenters. The van der Waals surface area contributed by atoms with Crippen LogP contribution in [0, 0.1) is 5.92 Å². The van der Waals surface area contributed by atoms with Gasteiger partial charge in [0.25, 0.3) is 5.56 Å². The van der Waals surface area contributed by atoms with Crippen molar-refractivity contribution in [2.75, 3.05) is 13.1 Å². The van der Waals surface area contributed by atoms with Gasteiger partial charge in [-0.05, 0) is 105 Å². The summed E-state index contributed by atoms with van der Waals surface area (Å²) in [6.07, 6.45) is 9.48. The fourth-order valence-corrected chi connectivity index (χ4v) is 6.53. The number of hydrogen-bond acceptors (Lipinski definition) is 5. The van der Waals surface area contributed by atoms with E-state index in [0.717, 1.165) is 71.7 Å². The highest BCUT2D eigenvalue weighted by Crippen LogP contribution is 2.35. The Labute approximate surface area is 262 Å². The molecular formula is C33H42IN3O3S. The molecule has 5 rings (SSSR count). The van der Waals surface area contributed by atoms with Gasteiger partial charge in [-0.15, -0.1) is 0 Å². The lowest BCUT2D eigenvalue weighted by molar-refractivity contribution is 0.0786. The Hall–Kier alpha value is -2.11. The quantitative estimate of drug-likeness (QED) is 0.141. The summed E-state index contributed by atoms with van der Waals surface area (Å²) >= 11 is 2.93. The molecule has 41 heavy (non-hydrogen) atoms. The topological polar surface area (TPSA) is 68.4 Å². The first-order valence-electron chi connectivity index (χ1n) is 14.6. The Morgan fingerprint density at radius 1 is 1.05 bits per heavy atom. The van der Waals surface area contributed by atoms with Gasteiger partial charge in [-0.2, -0.15) is 0 Å². The third-order valence-corrected chi connectivity index (χ3v) is 8.92. The number of fused-ring (bicyclic) bond motifs is 1. The van der Waals surface area contributed by atoms with Crippen LogP contribution < -0.4 is 10.9 Å². The fourth-order valence-electron chi connectivity index (χ4n) is 5.58. The standard InChI is InChI=1S/C31H36IN3O3S.C2H6/c1-31(2,37)25-11-10-24(18-23-8-6-21(7-9-23)4-5-22-12-15-33-16-13-22)27(19-25)28-20-34(3)30(36)29-26(28)14-17-35(29)39-38-32;1-2/h6-11,14,17,19-20,22,33,37H,4-5,12-13,15-16,18H2,1-3H3;1-2H3. The molecule has 8 heteroatoms. The van der Waals surface area contributed by atoms with E-state index < -0.39 is 5.60 Å². The Morgan fingerprint density at radius 3 is 2.39 bits per heavy atom. The first-order chi connectivity index (χ1) is 19.7. The van der Waals surface area contributed by atoms with Crippen molar-refractivity contribution in [3.05, 3.63) is 93.5 Å². The van der Waals surface area contributed by atoms with E-state index in [9.17, 15) is 9.90 Å². The number of aliphatic hydroxyl groups is 1. The van der Waals surface area contributed by atoms with Crippen molar-refractivity contribution < 1.29 is 7.62 Å². The van der Waals surface area contributed by atoms with Crippen molar-refractivity contribution in [1.82, 2.24) is 13.9 Å². The van der Waals surface area contributed by atoms with E-state index in [1.165, 1.54) is 30.4 Å². The number of pyridine rings is 1. The molecule has 2 aromatic carbocycles. The SMILES string of the molecule is CC.Cn1cc(-c2cc(C(C)(C)O)ccc2Cc2ccc(CCC3CCNCC3)cc2)c2ccn(SOI)c2c1=O. The predicted molar refractivity (Wildman–Crippen MR) is 180 cm³/mol. The molecule has 0 bridgehead atoms. The van der Waals surface area contributed by atoms with Crippen LogP contribution in [-0.2, 0) is 28.0 Å². The predicted octanol–water partition coefficient (Wildman–Crippen LogP) is 7.56. The molecule has 3 heterocycles. The van der Waals surface area contributed by atoms with E-state index >= 15 is 0 Å². The Morgan fingerprint density at radius 2 is 1.73 bits per heavy atom. The monoisotopic (exact) mass is 687 g/mol. The fraction of sp³-hybridized carbons (Fsp3) is 0.424. The van der Waals surface area contributed by atoms with Gasteiger partial charge in [0.2, 0.25) is 0 Å². The van der Waals surface area contributed by atoms with Gasteiger partial charge in [-0.1, -0.05) is 50.2 Å². The molecule has 0 saturated carbocycles. The number of aromatic nitrogens is 2. The summed E-state index contributed by atoms with van der Waals surface area (Å²) in [5.74, 6) is 0.832. The van der Waals surface area contributed by atoms with Crippen LogP contribution in [0.5, 0.6) is 0 Å². The van der Waals surface area contributed by atoms with E-state index in [0.29, 0.717) is 5.52 Å². The molecule has 0 spiro atoms. The molecule has 1 saturated heterocycles. The second-order valence-electron chi connectivity index (χ2n) is 11.2. The molecule has 1 aliphatic heterocycles. The molecule has 1 aliphatic rings. The maximum Gasteiger partial charge on any atom is 0.275 e. The molecule has 1 fully saturated rings. The molecule has 4 aromatic rings. The number of rotatable bonds is 9. The summed E-state index contributed by atoms with van der Waals surface area (Å²) in [6.45, 7) is 9.90. The number of halogens is 1. The minimum atomic E-state index is -0.986. The molecule has 0 aliphatic carbocycles. The minimum Gasteiger partial charge on any atom is -0.386 e. The van der Waals surface area contributed by atoms with Crippen molar-refractivity contribution in [2.24, 2.45) is 13.0 Å². The highest BCUT2D eigenvalue weighted by atomic mass is 127. The van der Waals surface area contributed by atoms with E-state index in [4.69, 9.17) is 2.51 Å². The van der Waals surface area contributed by atoms with Gasteiger partial charge in [0.15, 0.2) is 0 Å². The van der Waals surface area contributed by atoms with E-state index in [2.05, 4.69) is 41.7 Å². The largest absolute Gasteiger partial charge is 0.386 e. The van der Waals surface area contributed by atoms with Crippen LogP contribution in [0.2, 0.25) is 0 Å². The molecule has 2 N–H and O–H groups in total. The van der Waals surface area contributed by atoms with Crippen molar-refractivity contribution in [3.8, 4) is 11.1 Å². The van der Waals surface area contributed by atoms with E-state index in [1.807, 2.05) is 61.4 Å². The Bertz CT molecular complexity index is 1500. The summed E-state index contributed by atoms with van der Waals surface area (Å²) < 4.78 is 8.61. The maximum absolute atomic E-state index is 13.1. The number of piperidine rings is 1. The zero-order valence-corrected chi connectivity index (χ0v) is 27.7. The summed E-state index contributed by atoms with van der Waals surface area (Å²) in [5.41, 5.74) is 6.10. The van der Waals surface area contributed by atoms with Gasteiger partial charge in [0.1, 0.15) is 40.8 Å². The van der Waals surface area contributed by atoms with Crippen LogP contribution in [-0.4, -0.2) is 26.7 Å². The third-order valence-electron chi connectivity index (χ3n) is 7.92. The Balaban J connectivity index is 0.00000189. The Kier molecular flexibility index (Phi) is 11.2. The van der Waals surface area contributed by atoms with Crippen LogP contribution in [0.25, 0.3) is 22.0 Å². The number of aryl methyl sites for hydroxylation is 2. The summed E-state index contributed by atoms with van der Waals surface area (Å²) in [7, 11) is 1.78. The average Bonchev–Trinajstić information content (AvgIpc) is 3.40. The van der Waals surface area contributed by atoms with Gasteiger partial charge >= 0.3 is 0 Å². The van der Waals surface area contributed by atoms with Crippen LogP contribution in [0.3, 0.4) is 0 Å². The summed E-state index contributed by atoms with van der Waals surface area (Å²) in [4.78, 5) is 13.1. The van der Waals surface area contributed by atoms with Crippen LogP contribution >= 0.6 is 35.2 Å². The molecule has 6 nitrogen and oxygen atoms in total. The van der Waals surface area contributed by atoms with Crippen LogP contribution in [0.15, 0.2) is 65.7 Å². The number of nitrogens with zero attached hydrogens (tertiary/aromatic N) is 2. The van der Waals surface area contributed by atoms with E-state index in [-0.39, 0.29) is 5.56 Å². The normalized spacial score (nSPS) is 14.2. The highest BCUT2D eigenvalue weighted by Gasteiger charge is 2.21. The number of benzene rings is 2. The molecule has 0 radical (unpaired) electrons. The van der Waals surface area contributed by atoms with Crippen molar-refractivity contribution in [3.63, 3.8) is 0 Å². The van der Waals surface area contributed by atoms with Crippen LogP contribution in [0.1, 0.15) is 69.2 Å². The zero-order valence-electron chi connectivity index (χ0n) is 24.7. The molecule has 0 amide bonds. The van der Waals surface area contributed by atoms with Gasteiger partial charge in [-0.3, -0.25) is 8.77 Å². The lowest BCUT2D eigenvalue weighted by Crippen LogP contribution is -2.27. The van der Waals surface area contributed by atoms with Crippen molar-refractivity contribution >= 4 is 46.1 Å². The lowest BCUT2D eigenvalue weighted by atomic mass is 9.88. The first kappa shape index (κ1) is 31.8. The van der Waals surface area contributed by atoms with E-state index in [1.54, 1.807) is 29.4 Å². The minimum absolute atomic E-state index is 0.0834. The molecule has 220 valence electrons. The van der Waals surface area contributed by atoms with Gasteiger partial charge in [-0.25, -0.2) is 2.51 Å². The molecule has 2 aromatic heterocycles. The number of hydrogen-bond donors (Lipinski definition) is 2. The van der Waals surface area contributed by atoms with Crippen molar-refractivity contribution in [1.29, 1.82) is 0 Å². The zero-order chi connectivity index (χ0) is 29.6. The summed E-state index contributed by atoms with van der Waals surface area (Å²) in [6, 6.07) is 17.2. The third kappa shape index (κ3) is 7.65. The summed E-state index contributed by atoms with van der Waals surface area (Å²) in [5, 5.41) is 15.1. The van der Waals surface area contributed by atoms with Crippen LogP contribution in [0.4, 0.5) is 0 Å². The maximum atomic E-state index is 13.1. The lowest BCUT2D eigenvalue weighted by Gasteiger charge is -2.22. The number of nitrogens with one attached hydrogen (secondary N) is 1.